The molecular formula is C17H22F2N2O2S. The number of thioether (sulfide) groups is 1. The number of rotatable bonds is 5. The Morgan fingerprint density at radius 2 is 2.00 bits per heavy atom. The zero-order valence-corrected chi connectivity index (χ0v) is 14.4. The van der Waals surface area contributed by atoms with Crippen molar-refractivity contribution in [2.24, 2.45) is 0 Å². The molecule has 0 saturated carbocycles. The van der Waals surface area contributed by atoms with E-state index in [0.29, 0.717) is 24.1 Å². The van der Waals surface area contributed by atoms with Crippen molar-refractivity contribution < 1.29 is 18.3 Å². The predicted molar refractivity (Wildman–Crippen MR) is 89.1 cm³/mol. The van der Waals surface area contributed by atoms with E-state index in [9.17, 15) is 13.6 Å². The van der Waals surface area contributed by atoms with Crippen LogP contribution in [0.5, 0.6) is 0 Å². The van der Waals surface area contributed by atoms with Gasteiger partial charge in [-0.2, -0.15) is 0 Å². The summed E-state index contributed by atoms with van der Waals surface area (Å²) in [6, 6.07) is 3.72. The molecule has 2 aliphatic heterocycles. The number of carbonyl (C=O) groups excluding carboxylic acids is 1. The second-order valence-electron chi connectivity index (χ2n) is 6.18. The van der Waals surface area contributed by atoms with E-state index in [0.717, 1.165) is 51.2 Å². The summed E-state index contributed by atoms with van der Waals surface area (Å²) in [4.78, 5) is 17.0. The topological polar surface area (TPSA) is 32.8 Å². The molecule has 4 nitrogen and oxygen atoms in total. The Morgan fingerprint density at radius 1 is 1.21 bits per heavy atom. The van der Waals surface area contributed by atoms with Gasteiger partial charge in [-0.15, -0.1) is 11.8 Å². The zero-order chi connectivity index (χ0) is 16.9. The highest BCUT2D eigenvalue weighted by atomic mass is 32.2. The standard InChI is InChI=1S/C17H22F2N2O2S/c18-15-4-3-14(10-16(15)19)24-12-17(22)21-7-5-20(6-8-21)11-13-2-1-9-23-13/h3-4,10,13H,1-2,5-9,11-12H2. The van der Waals surface area contributed by atoms with E-state index in [1.165, 1.54) is 17.8 Å². The number of benzene rings is 1. The molecule has 0 aliphatic carbocycles. The lowest BCUT2D eigenvalue weighted by Crippen LogP contribution is -2.50. The molecule has 3 rings (SSSR count). The molecule has 7 heteroatoms. The normalized spacial score (nSPS) is 22.1. The molecule has 1 unspecified atom stereocenters. The number of hydrogen-bond donors (Lipinski definition) is 0. The number of halogens is 2. The molecule has 0 N–H and O–H groups in total. The van der Waals surface area contributed by atoms with E-state index >= 15 is 0 Å². The minimum Gasteiger partial charge on any atom is -0.377 e. The van der Waals surface area contributed by atoms with E-state index < -0.39 is 11.6 Å². The Kier molecular flexibility index (Phi) is 6.08. The molecule has 0 radical (unpaired) electrons. The number of piperazine rings is 1. The molecule has 2 aliphatic rings. The van der Waals surface area contributed by atoms with E-state index in [1.54, 1.807) is 0 Å². The quantitative estimate of drug-likeness (QED) is 0.759. The van der Waals surface area contributed by atoms with Gasteiger partial charge in [-0.3, -0.25) is 9.69 Å². The number of carbonyl (C=O) groups is 1. The van der Waals surface area contributed by atoms with Gasteiger partial charge in [0.2, 0.25) is 5.91 Å². The van der Waals surface area contributed by atoms with Crippen LogP contribution >= 0.6 is 11.8 Å². The van der Waals surface area contributed by atoms with Crippen molar-refractivity contribution in [3.63, 3.8) is 0 Å². The maximum absolute atomic E-state index is 13.2. The molecule has 132 valence electrons. The summed E-state index contributed by atoms with van der Waals surface area (Å²) in [7, 11) is 0. The first-order valence-corrected chi connectivity index (χ1v) is 9.30. The molecule has 0 bridgehead atoms. The van der Waals surface area contributed by atoms with Crippen molar-refractivity contribution in [2.75, 3.05) is 45.1 Å². The second kappa shape index (κ2) is 8.27. The molecule has 1 aromatic rings. The minimum atomic E-state index is -0.879. The fourth-order valence-electron chi connectivity index (χ4n) is 3.06. The largest absolute Gasteiger partial charge is 0.377 e. The summed E-state index contributed by atoms with van der Waals surface area (Å²) < 4.78 is 31.7. The van der Waals surface area contributed by atoms with Crippen LogP contribution in [0.3, 0.4) is 0 Å². The molecule has 1 atom stereocenters. The van der Waals surface area contributed by atoms with Crippen molar-refractivity contribution in [1.29, 1.82) is 0 Å². The van der Waals surface area contributed by atoms with Gasteiger partial charge in [-0.1, -0.05) is 0 Å². The van der Waals surface area contributed by atoms with Gasteiger partial charge in [0.05, 0.1) is 11.9 Å². The third-order valence-corrected chi connectivity index (χ3v) is 5.44. The first-order chi connectivity index (χ1) is 11.6. The van der Waals surface area contributed by atoms with Crippen LogP contribution in [0, 0.1) is 11.6 Å². The smallest absolute Gasteiger partial charge is 0.233 e. The van der Waals surface area contributed by atoms with Crippen LogP contribution in [0.1, 0.15) is 12.8 Å². The molecule has 2 saturated heterocycles. The Hall–Kier alpha value is -1.18. The molecule has 1 aromatic carbocycles. The minimum absolute atomic E-state index is 0.0431. The summed E-state index contributed by atoms with van der Waals surface area (Å²) in [6.45, 7) is 4.96. The lowest BCUT2D eigenvalue weighted by Gasteiger charge is -2.35. The van der Waals surface area contributed by atoms with E-state index in [-0.39, 0.29) is 11.7 Å². The van der Waals surface area contributed by atoms with Crippen LogP contribution in [0.15, 0.2) is 23.1 Å². The number of hydrogen-bond acceptors (Lipinski definition) is 4. The van der Waals surface area contributed by atoms with Gasteiger partial charge in [0, 0.05) is 44.2 Å². The van der Waals surface area contributed by atoms with Gasteiger partial charge in [0.1, 0.15) is 0 Å². The van der Waals surface area contributed by atoms with Crippen LogP contribution in [-0.2, 0) is 9.53 Å². The lowest BCUT2D eigenvalue weighted by molar-refractivity contribution is -0.130. The van der Waals surface area contributed by atoms with E-state index in [4.69, 9.17) is 4.74 Å². The molecule has 0 aromatic heterocycles. The van der Waals surface area contributed by atoms with Crippen LogP contribution in [0.2, 0.25) is 0 Å². The maximum atomic E-state index is 13.2. The SMILES string of the molecule is O=C(CSc1ccc(F)c(F)c1)N1CCN(CC2CCCO2)CC1. The van der Waals surface area contributed by atoms with Gasteiger partial charge in [0.25, 0.3) is 0 Å². The van der Waals surface area contributed by atoms with Crippen molar-refractivity contribution in [3.8, 4) is 0 Å². The molecule has 0 spiro atoms. The number of ether oxygens (including phenoxy) is 1. The van der Waals surface area contributed by atoms with Crippen LogP contribution in [0.25, 0.3) is 0 Å². The summed E-state index contributed by atoms with van der Waals surface area (Å²) in [5, 5.41) is 0. The van der Waals surface area contributed by atoms with E-state index in [1.807, 2.05) is 4.90 Å². The zero-order valence-electron chi connectivity index (χ0n) is 13.5. The van der Waals surface area contributed by atoms with Crippen LogP contribution in [-0.4, -0.2) is 66.9 Å². The van der Waals surface area contributed by atoms with Gasteiger partial charge in [-0.25, -0.2) is 8.78 Å². The second-order valence-corrected chi connectivity index (χ2v) is 7.23. The summed E-state index contributed by atoms with van der Waals surface area (Å²) in [6.07, 6.45) is 2.62. The highest BCUT2D eigenvalue weighted by molar-refractivity contribution is 8.00. The Bertz CT molecular complexity index is 574. The fourth-order valence-corrected chi connectivity index (χ4v) is 3.88. The number of nitrogens with zero attached hydrogens (tertiary/aromatic N) is 2. The Labute approximate surface area is 145 Å². The average Bonchev–Trinajstić information content (AvgIpc) is 3.09. The Morgan fingerprint density at radius 3 is 2.67 bits per heavy atom. The third kappa shape index (κ3) is 4.68. The molecule has 1 amide bonds. The summed E-state index contributed by atoms with van der Waals surface area (Å²) in [5.74, 6) is -1.46. The van der Waals surface area contributed by atoms with Crippen molar-refractivity contribution in [2.45, 2.75) is 23.8 Å². The van der Waals surface area contributed by atoms with Crippen LogP contribution in [0.4, 0.5) is 8.78 Å². The van der Waals surface area contributed by atoms with Gasteiger partial charge in [0.15, 0.2) is 11.6 Å². The molecule has 2 heterocycles. The van der Waals surface area contributed by atoms with Crippen LogP contribution < -0.4 is 0 Å². The summed E-state index contributed by atoms with van der Waals surface area (Å²) >= 11 is 1.24. The maximum Gasteiger partial charge on any atom is 0.233 e. The molecule has 24 heavy (non-hydrogen) atoms. The van der Waals surface area contributed by atoms with Crippen molar-refractivity contribution in [3.05, 3.63) is 29.8 Å². The number of amides is 1. The first-order valence-electron chi connectivity index (χ1n) is 8.31. The summed E-state index contributed by atoms with van der Waals surface area (Å²) in [5.41, 5.74) is 0. The molecule has 2 fully saturated rings. The van der Waals surface area contributed by atoms with Gasteiger partial charge in [-0.05, 0) is 31.0 Å². The first kappa shape index (κ1) is 17.6. The van der Waals surface area contributed by atoms with Crippen molar-refractivity contribution >= 4 is 17.7 Å². The third-order valence-electron chi connectivity index (χ3n) is 4.46. The van der Waals surface area contributed by atoms with E-state index in [2.05, 4.69) is 4.90 Å². The van der Waals surface area contributed by atoms with Crippen molar-refractivity contribution in [1.82, 2.24) is 9.80 Å². The highest BCUT2D eigenvalue weighted by Crippen LogP contribution is 2.21. The lowest BCUT2D eigenvalue weighted by atomic mass is 10.2. The predicted octanol–water partition coefficient (Wildman–Crippen LogP) is 2.38. The monoisotopic (exact) mass is 356 g/mol. The fraction of sp³-hybridized carbons (Fsp3) is 0.588. The van der Waals surface area contributed by atoms with Gasteiger partial charge < -0.3 is 9.64 Å². The van der Waals surface area contributed by atoms with Gasteiger partial charge >= 0.3 is 0 Å². The Balaban J connectivity index is 1.40. The average molecular weight is 356 g/mol. The molecular weight excluding hydrogens is 334 g/mol. The highest BCUT2D eigenvalue weighted by Gasteiger charge is 2.24.